The van der Waals surface area contributed by atoms with E-state index < -0.39 is 42.4 Å². The Balaban J connectivity index is 0.000000179. The van der Waals surface area contributed by atoms with Crippen molar-refractivity contribution in [2.24, 2.45) is 4.99 Å². The minimum absolute atomic E-state index is 0.0252. The molecule has 21 nitrogen and oxygen atoms in total. The number of fused-ring (bicyclic) bond motifs is 10. The van der Waals surface area contributed by atoms with Gasteiger partial charge in [-0.15, -0.1) is 23.2 Å². The van der Waals surface area contributed by atoms with Crippen LogP contribution in [0.2, 0.25) is 0 Å². The van der Waals surface area contributed by atoms with Gasteiger partial charge in [0.1, 0.15) is 31.3 Å². The van der Waals surface area contributed by atoms with E-state index in [-0.39, 0.29) is 122 Å². The molecule has 6 aromatic carbocycles. The van der Waals surface area contributed by atoms with Crippen molar-refractivity contribution in [2.45, 2.75) is 68.0 Å². The Bertz CT molecular complexity index is 4570. The van der Waals surface area contributed by atoms with Crippen molar-refractivity contribution in [1.29, 1.82) is 0 Å². The maximum Gasteiger partial charge on any atom is 0.416 e. The largest absolute Gasteiger partial charge is 0.507 e. The summed E-state index contributed by atoms with van der Waals surface area (Å²) in [6.45, 7) is 4.23. The first kappa shape index (κ1) is 68.1. The van der Waals surface area contributed by atoms with Crippen LogP contribution in [0, 0.1) is 0 Å². The van der Waals surface area contributed by atoms with Gasteiger partial charge in [-0.2, -0.15) is 22.7 Å². The molecule has 0 saturated carbocycles. The number of aliphatic imine (C=N–C) groups is 1. The van der Waals surface area contributed by atoms with E-state index in [0.29, 0.717) is 70.3 Å². The molecule has 99 heavy (non-hydrogen) atoms. The number of benzene rings is 6. The molecule has 14 rings (SSSR count). The number of phenols is 2. The number of halogens is 2. The number of methoxy groups -OCH3 is 2. The van der Waals surface area contributed by atoms with Crippen LogP contribution in [0.5, 0.6) is 34.5 Å². The van der Waals surface area contributed by atoms with Gasteiger partial charge in [0.25, 0.3) is 11.8 Å². The second-order valence-electron chi connectivity index (χ2n) is 24.7. The van der Waals surface area contributed by atoms with Gasteiger partial charge in [0.05, 0.1) is 85.2 Å². The molecular formula is C74H70Cl2N6O15S2. The van der Waals surface area contributed by atoms with E-state index in [9.17, 15) is 49.5 Å². The average Bonchev–Trinajstić information content (AvgIpc) is 1.64. The minimum Gasteiger partial charge on any atom is -0.507 e. The molecule has 0 radical (unpaired) electrons. The van der Waals surface area contributed by atoms with Gasteiger partial charge in [0, 0.05) is 91.0 Å². The van der Waals surface area contributed by atoms with Crippen LogP contribution in [-0.4, -0.2) is 174 Å². The third-order valence-electron chi connectivity index (χ3n) is 18.8. The van der Waals surface area contributed by atoms with Crippen LogP contribution in [0.3, 0.4) is 0 Å². The third kappa shape index (κ3) is 13.3. The standard InChI is InChI=1S/C39H38ClN3O9S.C35H32ClN3O6S/c1-3-11-51-39(49)43-29-17-34(33(50-2)15-28(29)37(47)41-10-8-22(13-31(41)38(43)48)23-9-12-53-21-23)52-20-25(44)14-35(46)42-19-24(18-40)36-27-7-5-4-6-26(27)32(45)16-30(36)42;1-44-31-12-27-28(37-16-23-10-20(21-7-9-46-19-21)6-8-38(23)35(27)43)13-32(31)45-18-24(40)11-33(42)39-17-22(15-36)34-26-5-3-2-4-25(26)30(41)14-29(34)39/h3-9,12,15-17,21,24-25,31,38,44-45,48H,1,10-11,13-14,18-20H2,2H3;2-7,9,12-14,16,19,22-24,40-41H,8,10-11,15,17-18H2,1H3/t24-,25+,31+,38?;22-,23+,24+/m11/s1. The van der Waals surface area contributed by atoms with Gasteiger partial charge in [0.2, 0.25) is 11.8 Å². The highest BCUT2D eigenvalue weighted by Gasteiger charge is 2.46. The number of rotatable bonds is 18. The number of ether oxygens (including phenoxy) is 5. The molecule has 0 saturated heterocycles. The maximum absolute atomic E-state index is 14.1. The highest BCUT2D eigenvalue weighted by molar-refractivity contribution is 7.08. The third-order valence-corrected chi connectivity index (χ3v) is 20.9. The second-order valence-corrected chi connectivity index (χ2v) is 26.9. The first-order valence-electron chi connectivity index (χ1n) is 32.1. The number of hydrogen-bond acceptors (Lipinski definition) is 18. The number of carbonyl (C=O) groups is 5. The normalized spacial score (nSPS) is 19.6. The Hall–Kier alpha value is -9.46. The smallest absolute Gasteiger partial charge is 0.416 e. The Kier molecular flexibility index (Phi) is 20.1. The van der Waals surface area contributed by atoms with E-state index in [2.05, 4.69) is 29.1 Å². The lowest BCUT2D eigenvalue weighted by atomic mass is 9.94. The van der Waals surface area contributed by atoms with E-state index in [1.807, 2.05) is 76.8 Å². The van der Waals surface area contributed by atoms with Crippen LogP contribution in [0.1, 0.15) is 80.5 Å². The maximum atomic E-state index is 14.1. The van der Waals surface area contributed by atoms with Crippen LogP contribution in [0.25, 0.3) is 32.7 Å². The summed E-state index contributed by atoms with van der Waals surface area (Å²) in [6.07, 6.45) is 2.84. The fourth-order valence-electron chi connectivity index (χ4n) is 13.9. The van der Waals surface area contributed by atoms with Crippen molar-refractivity contribution in [1.82, 2.24) is 9.80 Å². The average molecular weight is 1420 g/mol. The molecule has 5 amide bonds. The molecule has 6 aliphatic heterocycles. The number of alkyl halides is 2. The number of anilines is 3. The van der Waals surface area contributed by atoms with Gasteiger partial charge in [0.15, 0.2) is 29.2 Å². The van der Waals surface area contributed by atoms with Crippen molar-refractivity contribution in [3.63, 3.8) is 0 Å². The fourth-order valence-corrected chi connectivity index (χ4v) is 15.8. The predicted octanol–water partition coefficient (Wildman–Crippen LogP) is 12.0. The number of thiophene rings is 2. The number of hydrogen-bond donors (Lipinski definition) is 5. The van der Waals surface area contributed by atoms with E-state index >= 15 is 0 Å². The lowest BCUT2D eigenvalue weighted by Crippen LogP contribution is -2.54. The van der Waals surface area contributed by atoms with Crippen LogP contribution in [-0.2, 0) is 14.3 Å². The van der Waals surface area contributed by atoms with Crippen molar-refractivity contribution in [3.8, 4) is 34.5 Å². The van der Waals surface area contributed by atoms with Gasteiger partial charge < -0.3 is 68.8 Å². The van der Waals surface area contributed by atoms with Crippen LogP contribution in [0.4, 0.5) is 27.5 Å². The topological polar surface area (TPSA) is 261 Å². The molecular weight excluding hydrogens is 1350 g/mol. The lowest BCUT2D eigenvalue weighted by Gasteiger charge is -2.38. The molecule has 0 spiro atoms. The summed E-state index contributed by atoms with van der Waals surface area (Å²) in [7, 11) is 2.87. The first-order chi connectivity index (χ1) is 48.0. The molecule has 0 bridgehead atoms. The number of phenolic OH excluding ortho intramolecular Hbond substituents is 2. The number of aliphatic hydroxyl groups is 3. The molecule has 25 heteroatoms. The number of aliphatic hydroxyl groups excluding tert-OH is 3. The number of aromatic hydroxyl groups is 2. The van der Waals surface area contributed by atoms with Gasteiger partial charge in [-0.05, 0) is 103 Å². The number of amides is 5. The molecule has 1 unspecified atom stereocenters. The SMILES string of the molecule is C=CCOC(=O)N1c2cc(OC[C@@H](O)CC(=O)N3C[C@@H](CCl)c4c3cc(O)c3ccccc43)c(OC)cc2C(=O)N2CC=C(c3ccsc3)C[C@H]2C1O.COc1cc2c(cc1OC[C@@H](O)CC(=O)N1C[C@@H](CCl)c3c1cc(O)c1ccccc31)N=C[C@@H]1CC(c3ccsc3)=CCN1C2=O. The Morgan fingerprint density at radius 2 is 1.16 bits per heavy atom. The van der Waals surface area contributed by atoms with E-state index in [4.69, 9.17) is 46.9 Å². The van der Waals surface area contributed by atoms with Crippen LogP contribution in [0.15, 0.2) is 148 Å². The Labute approximate surface area is 587 Å². The van der Waals surface area contributed by atoms with Crippen molar-refractivity contribution in [3.05, 3.63) is 177 Å². The summed E-state index contributed by atoms with van der Waals surface area (Å²) < 4.78 is 28.5. The van der Waals surface area contributed by atoms with Gasteiger partial charge in [-0.3, -0.25) is 24.2 Å². The quantitative estimate of drug-likeness (QED) is 0.0395. The Morgan fingerprint density at radius 3 is 1.68 bits per heavy atom. The van der Waals surface area contributed by atoms with Crippen LogP contribution >= 0.6 is 45.9 Å². The van der Waals surface area contributed by atoms with E-state index in [0.717, 1.165) is 37.9 Å². The monoisotopic (exact) mass is 1420 g/mol. The van der Waals surface area contributed by atoms with Crippen molar-refractivity contribution in [2.75, 3.05) is 86.7 Å². The van der Waals surface area contributed by atoms with Gasteiger partial charge in [-0.1, -0.05) is 73.3 Å². The summed E-state index contributed by atoms with van der Waals surface area (Å²) in [6, 6.07) is 27.2. The molecule has 6 aliphatic rings. The molecule has 0 fully saturated rings. The highest BCUT2D eigenvalue weighted by atomic mass is 35.5. The minimum atomic E-state index is -1.50. The van der Waals surface area contributed by atoms with E-state index in [1.165, 1.54) is 64.7 Å². The zero-order chi connectivity index (χ0) is 69.3. The number of carbonyl (C=O) groups excluding carboxylic acids is 5. The second kappa shape index (κ2) is 29.2. The highest BCUT2D eigenvalue weighted by Crippen LogP contribution is 2.49. The molecule has 5 N–H and O–H groups in total. The zero-order valence-corrected chi connectivity index (χ0v) is 57.0. The fraction of sp³-hybridized carbons (Fsp3) is 0.297. The molecule has 8 aromatic rings. The van der Waals surface area contributed by atoms with Gasteiger partial charge in [-0.25, -0.2) is 9.69 Å². The van der Waals surface area contributed by atoms with E-state index in [1.54, 1.807) is 51.6 Å². The molecule has 7 atom stereocenters. The summed E-state index contributed by atoms with van der Waals surface area (Å²) in [5, 5.41) is 66.3. The van der Waals surface area contributed by atoms with Crippen molar-refractivity contribution >= 4 is 137 Å². The summed E-state index contributed by atoms with van der Waals surface area (Å²) in [5.74, 6) is -0.0475. The molecule has 2 aromatic heterocycles. The Morgan fingerprint density at radius 1 is 0.657 bits per heavy atom. The lowest BCUT2D eigenvalue weighted by molar-refractivity contribution is -0.121. The van der Waals surface area contributed by atoms with Crippen molar-refractivity contribution < 1.29 is 73.2 Å². The zero-order valence-electron chi connectivity index (χ0n) is 53.9. The summed E-state index contributed by atoms with van der Waals surface area (Å²) in [5.41, 5.74) is 8.16. The first-order valence-corrected chi connectivity index (χ1v) is 35.1. The van der Waals surface area contributed by atoms with Crippen LogP contribution < -0.4 is 33.6 Å². The van der Waals surface area contributed by atoms with Gasteiger partial charge >= 0.3 is 6.09 Å². The molecule has 0 aliphatic carbocycles. The molecule has 8 heterocycles. The summed E-state index contributed by atoms with van der Waals surface area (Å²) in [4.78, 5) is 80.4. The predicted molar refractivity (Wildman–Crippen MR) is 383 cm³/mol. The summed E-state index contributed by atoms with van der Waals surface area (Å²) >= 11 is 15.8. The molecule has 512 valence electrons. The number of nitrogens with zero attached hydrogens (tertiary/aromatic N) is 6.